The molecule has 3 rings (SSSR count). The van der Waals surface area contributed by atoms with Crippen molar-refractivity contribution < 1.29 is 9.59 Å². The maximum atomic E-state index is 12.6. The molecule has 0 unspecified atom stereocenters. The summed E-state index contributed by atoms with van der Waals surface area (Å²) in [5.41, 5.74) is 2.31. The van der Waals surface area contributed by atoms with Crippen molar-refractivity contribution in [3.05, 3.63) is 24.3 Å². The monoisotopic (exact) mass is 314 g/mol. The van der Waals surface area contributed by atoms with Crippen LogP contribution in [0.3, 0.4) is 0 Å². The smallest absolute Gasteiger partial charge is 0.260 e. The Morgan fingerprint density at radius 2 is 1.91 bits per heavy atom. The van der Waals surface area contributed by atoms with Crippen molar-refractivity contribution in [1.82, 2.24) is 5.01 Å². The van der Waals surface area contributed by atoms with Gasteiger partial charge < -0.3 is 10.2 Å². The lowest BCUT2D eigenvalue weighted by Crippen LogP contribution is -2.36. The van der Waals surface area contributed by atoms with E-state index in [9.17, 15) is 9.59 Å². The minimum Gasteiger partial charge on any atom is -0.370 e. The van der Waals surface area contributed by atoms with E-state index in [1.165, 1.54) is 24.3 Å². The molecule has 1 aromatic rings. The molecule has 0 aliphatic carbocycles. The maximum absolute atomic E-state index is 12.6. The molecule has 0 saturated carbocycles. The van der Waals surface area contributed by atoms with E-state index in [-0.39, 0.29) is 11.8 Å². The number of nitrogens with zero attached hydrogens (tertiary/aromatic N) is 3. The lowest BCUT2D eigenvalue weighted by atomic mass is 10.0. The molecule has 0 radical (unpaired) electrons. The van der Waals surface area contributed by atoms with Crippen LogP contribution in [0, 0.1) is 5.92 Å². The number of hydrogen-bond donors (Lipinski definition) is 1. The molecular weight excluding hydrogens is 292 g/mol. The SMILES string of the molecule is CC1=NN(C)C(=O)[C@H]1C(=O)Nc1ccccc1N1CCCCC1. The number of anilines is 2. The Labute approximate surface area is 136 Å². The fourth-order valence-electron chi connectivity index (χ4n) is 3.21. The number of para-hydroxylation sites is 2. The minimum absolute atomic E-state index is 0.282. The number of rotatable bonds is 3. The fraction of sp³-hybridized carbons (Fsp3) is 0.471. The molecule has 0 aromatic heterocycles. The summed E-state index contributed by atoms with van der Waals surface area (Å²) in [7, 11) is 1.57. The molecular formula is C17H22N4O2. The van der Waals surface area contributed by atoms with Crippen molar-refractivity contribution in [2.75, 3.05) is 30.4 Å². The fourth-order valence-corrected chi connectivity index (χ4v) is 3.21. The molecule has 23 heavy (non-hydrogen) atoms. The standard InChI is InChI=1S/C17H22N4O2/c1-12-15(17(23)20(2)19-12)16(22)18-13-8-4-5-9-14(13)21-10-6-3-7-11-21/h4-5,8-9,15H,3,6-7,10-11H2,1-2H3,(H,18,22)/t15-/m1/s1. The van der Waals surface area contributed by atoms with E-state index in [1.54, 1.807) is 14.0 Å². The van der Waals surface area contributed by atoms with E-state index in [2.05, 4.69) is 15.3 Å². The largest absolute Gasteiger partial charge is 0.370 e. The number of benzene rings is 1. The van der Waals surface area contributed by atoms with Crippen LogP contribution in [0.4, 0.5) is 11.4 Å². The Bertz CT molecular complexity index is 650. The minimum atomic E-state index is -0.825. The number of hydrazone groups is 1. The highest BCUT2D eigenvalue weighted by molar-refractivity contribution is 6.24. The van der Waals surface area contributed by atoms with E-state index in [0.29, 0.717) is 5.71 Å². The van der Waals surface area contributed by atoms with Crippen LogP contribution in [0.1, 0.15) is 26.2 Å². The zero-order valence-electron chi connectivity index (χ0n) is 13.6. The first kappa shape index (κ1) is 15.5. The molecule has 1 saturated heterocycles. The molecule has 2 heterocycles. The predicted octanol–water partition coefficient (Wildman–Crippen LogP) is 2.08. The Balaban J connectivity index is 1.79. The quantitative estimate of drug-likeness (QED) is 0.869. The molecule has 2 aliphatic rings. The van der Waals surface area contributed by atoms with Gasteiger partial charge in [0.2, 0.25) is 5.91 Å². The highest BCUT2D eigenvalue weighted by Crippen LogP contribution is 2.29. The lowest BCUT2D eigenvalue weighted by molar-refractivity contribution is -0.134. The zero-order chi connectivity index (χ0) is 16.4. The van der Waals surface area contributed by atoms with Gasteiger partial charge in [-0.15, -0.1) is 0 Å². The summed E-state index contributed by atoms with van der Waals surface area (Å²) in [6.45, 7) is 3.71. The molecule has 1 fully saturated rings. The summed E-state index contributed by atoms with van der Waals surface area (Å²) >= 11 is 0. The Morgan fingerprint density at radius 3 is 2.57 bits per heavy atom. The summed E-state index contributed by atoms with van der Waals surface area (Å²) in [5.74, 6) is -1.42. The second kappa shape index (κ2) is 6.40. The van der Waals surface area contributed by atoms with Crippen molar-refractivity contribution in [2.45, 2.75) is 26.2 Å². The van der Waals surface area contributed by atoms with Crippen molar-refractivity contribution in [3.63, 3.8) is 0 Å². The molecule has 1 N–H and O–H groups in total. The summed E-state index contributed by atoms with van der Waals surface area (Å²) in [6.07, 6.45) is 3.59. The summed E-state index contributed by atoms with van der Waals surface area (Å²) < 4.78 is 0. The predicted molar refractivity (Wildman–Crippen MR) is 90.5 cm³/mol. The normalized spacial score (nSPS) is 21.4. The van der Waals surface area contributed by atoms with Crippen LogP contribution in [0.2, 0.25) is 0 Å². The van der Waals surface area contributed by atoms with Gasteiger partial charge in [-0.2, -0.15) is 5.10 Å². The van der Waals surface area contributed by atoms with Gasteiger partial charge in [-0.1, -0.05) is 12.1 Å². The average Bonchev–Trinajstić information content (AvgIpc) is 2.81. The van der Waals surface area contributed by atoms with Crippen LogP contribution < -0.4 is 10.2 Å². The van der Waals surface area contributed by atoms with Gasteiger partial charge in [-0.3, -0.25) is 9.59 Å². The van der Waals surface area contributed by atoms with Gasteiger partial charge in [-0.25, -0.2) is 5.01 Å². The Kier molecular flexibility index (Phi) is 4.32. The molecule has 2 amide bonds. The van der Waals surface area contributed by atoms with Crippen LogP contribution >= 0.6 is 0 Å². The molecule has 122 valence electrons. The Hall–Kier alpha value is -2.37. The van der Waals surface area contributed by atoms with Crippen LogP contribution in [0.5, 0.6) is 0 Å². The number of carbonyl (C=O) groups is 2. The topological polar surface area (TPSA) is 65.0 Å². The van der Waals surface area contributed by atoms with Gasteiger partial charge in [0.15, 0.2) is 5.92 Å². The summed E-state index contributed by atoms with van der Waals surface area (Å²) in [6, 6.07) is 7.77. The van der Waals surface area contributed by atoms with E-state index in [0.717, 1.165) is 24.5 Å². The number of nitrogens with one attached hydrogen (secondary N) is 1. The zero-order valence-corrected chi connectivity index (χ0v) is 13.6. The third-order valence-electron chi connectivity index (χ3n) is 4.41. The van der Waals surface area contributed by atoms with Gasteiger partial charge in [0, 0.05) is 20.1 Å². The Morgan fingerprint density at radius 1 is 1.22 bits per heavy atom. The number of hydrogen-bond acceptors (Lipinski definition) is 4. The van der Waals surface area contributed by atoms with E-state index >= 15 is 0 Å². The van der Waals surface area contributed by atoms with Crippen LogP contribution in [0.15, 0.2) is 29.4 Å². The maximum Gasteiger partial charge on any atom is 0.260 e. The average molecular weight is 314 g/mol. The first-order chi connectivity index (χ1) is 11.1. The number of piperidine rings is 1. The number of carbonyl (C=O) groups excluding carboxylic acids is 2. The van der Waals surface area contributed by atoms with E-state index < -0.39 is 5.92 Å². The van der Waals surface area contributed by atoms with Crippen LogP contribution in [0.25, 0.3) is 0 Å². The van der Waals surface area contributed by atoms with Gasteiger partial charge in [0.1, 0.15) is 0 Å². The van der Waals surface area contributed by atoms with Crippen molar-refractivity contribution in [3.8, 4) is 0 Å². The van der Waals surface area contributed by atoms with Gasteiger partial charge in [-0.05, 0) is 38.3 Å². The molecule has 2 aliphatic heterocycles. The molecule has 1 atom stereocenters. The van der Waals surface area contributed by atoms with Crippen molar-refractivity contribution >= 4 is 28.9 Å². The van der Waals surface area contributed by atoms with E-state index in [4.69, 9.17) is 0 Å². The molecule has 1 aromatic carbocycles. The second-order valence-electron chi connectivity index (χ2n) is 6.09. The van der Waals surface area contributed by atoms with Gasteiger partial charge in [0.05, 0.1) is 17.1 Å². The van der Waals surface area contributed by atoms with Gasteiger partial charge >= 0.3 is 0 Å². The summed E-state index contributed by atoms with van der Waals surface area (Å²) in [5, 5.41) is 8.21. The third-order valence-corrected chi connectivity index (χ3v) is 4.41. The molecule has 6 heteroatoms. The lowest BCUT2D eigenvalue weighted by Gasteiger charge is -2.30. The van der Waals surface area contributed by atoms with Crippen molar-refractivity contribution in [2.24, 2.45) is 11.0 Å². The highest BCUT2D eigenvalue weighted by Gasteiger charge is 2.37. The first-order valence-corrected chi connectivity index (χ1v) is 8.05. The van der Waals surface area contributed by atoms with Gasteiger partial charge in [0.25, 0.3) is 5.91 Å². The van der Waals surface area contributed by atoms with Crippen LogP contribution in [-0.2, 0) is 9.59 Å². The summed E-state index contributed by atoms with van der Waals surface area (Å²) in [4.78, 5) is 26.9. The van der Waals surface area contributed by atoms with E-state index in [1.807, 2.05) is 24.3 Å². The molecule has 0 spiro atoms. The molecule has 6 nitrogen and oxygen atoms in total. The first-order valence-electron chi connectivity index (χ1n) is 8.05. The van der Waals surface area contributed by atoms with Crippen molar-refractivity contribution in [1.29, 1.82) is 0 Å². The van der Waals surface area contributed by atoms with Crippen LogP contribution in [-0.4, -0.2) is 42.7 Å². The second-order valence-corrected chi connectivity index (χ2v) is 6.09. The highest BCUT2D eigenvalue weighted by atomic mass is 16.2. The molecule has 0 bridgehead atoms. The third kappa shape index (κ3) is 3.06. The number of amides is 2.